The molecule has 0 atom stereocenters. The lowest BCUT2D eigenvalue weighted by molar-refractivity contribution is 0.112. The van der Waals surface area contributed by atoms with Gasteiger partial charge < -0.3 is 0 Å². The van der Waals surface area contributed by atoms with Gasteiger partial charge in [0, 0.05) is 21.5 Å². The fraction of sp³-hybridized carbons (Fsp3) is 0.0909. The van der Waals surface area contributed by atoms with E-state index in [1.807, 2.05) is 18.4 Å². The summed E-state index contributed by atoms with van der Waals surface area (Å²) in [6.07, 6.45) is 0.754. The number of carbonyl (C=O) groups is 1. The predicted molar refractivity (Wildman–Crippen MR) is 67.8 cm³/mol. The van der Waals surface area contributed by atoms with Crippen molar-refractivity contribution in [2.24, 2.45) is 0 Å². The summed E-state index contributed by atoms with van der Waals surface area (Å²) in [6, 6.07) is 5.38. The number of hydrogen-bond donors (Lipinski definition) is 0. The first-order valence-corrected chi connectivity index (χ1v) is 6.61. The van der Waals surface area contributed by atoms with Gasteiger partial charge in [-0.1, -0.05) is 23.4 Å². The molecule has 0 saturated carbocycles. The first-order valence-electron chi connectivity index (χ1n) is 4.54. The van der Waals surface area contributed by atoms with Crippen LogP contribution in [0.25, 0.3) is 0 Å². The maximum atomic E-state index is 10.6. The number of hydrogen-bond acceptors (Lipinski definition) is 4. The van der Waals surface area contributed by atoms with Crippen LogP contribution in [-0.2, 0) is 0 Å². The van der Waals surface area contributed by atoms with Crippen LogP contribution in [0.1, 0.15) is 16.1 Å². The molecule has 0 aliphatic heterocycles. The van der Waals surface area contributed by atoms with Crippen molar-refractivity contribution < 1.29 is 4.79 Å². The van der Waals surface area contributed by atoms with E-state index in [1.54, 1.807) is 35.2 Å². The zero-order valence-corrected chi connectivity index (χ0v) is 10.8. The highest BCUT2D eigenvalue weighted by atomic mass is 35.5. The van der Waals surface area contributed by atoms with E-state index in [-0.39, 0.29) is 0 Å². The minimum Gasteiger partial charge on any atom is -0.298 e. The molecule has 0 bridgehead atoms. The Morgan fingerprint density at radius 3 is 2.88 bits per heavy atom. The molecular weight excluding hydrogens is 262 g/mol. The minimum absolute atomic E-state index is 0.480. The van der Waals surface area contributed by atoms with Crippen LogP contribution in [0.5, 0.6) is 0 Å². The number of carbonyl (C=O) groups excluding carboxylic acids is 1. The van der Waals surface area contributed by atoms with Crippen molar-refractivity contribution in [3.63, 3.8) is 0 Å². The summed E-state index contributed by atoms with van der Waals surface area (Å²) >= 11 is 9.09. The van der Waals surface area contributed by atoms with Crippen LogP contribution in [0.2, 0.25) is 5.02 Å². The van der Waals surface area contributed by atoms with E-state index in [4.69, 9.17) is 11.6 Å². The molecule has 1 heterocycles. The van der Waals surface area contributed by atoms with Crippen LogP contribution in [0, 0.1) is 6.92 Å². The van der Waals surface area contributed by atoms with E-state index < -0.39 is 0 Å². The lowest BCUT2D eigenvalue weighted by atomic mass is 10.2. The highest BCUT2D eigenvalue weighted by molar-refractivity contribution is 8.01. The van der Waals surface area contributed by atoms with Gasteiger partial charge in [-0.2, -0.15) is 0 Å². The van der Waals surface area contributed by atoms with E-state index in [1.165, 1.54) is 0 Å². The number of thiazole rings is 1. The quantitative estimate of drug-likeness (QED) is 0.787. The fourth-order valence-corrected chi connectivity index (χ4v) is 3.29. The number of aryl methyl sites for hydroxylation is 1. The third-order valence-corrected chi connectivity index (χ3v) is 4.28. The van der Waals surface area contributed by atoms with E-state index >= 15 is 0 Å². The zero-order chi connectivity index (χ0) is 11.5. The van der Waals surface area contributed by atoms with Gasteiger partial charge in [0.15, 0.2) is 10.6 Å². The van der Waals surface area contributed by atoms with Crippen LogP contribution in [0.3, 0.4) is 0 Å². The number of aldehydes is 1. The SMILES string of the molecule is Cc1csc(Sc2ccc(C=O)c(Cl)c2)n1. The molecule has 5 heteroatoms. The van der Waals surface area contributed by atoms with Gasteiger partial charge in [0.2, 0.25) is 0 Å². The minimum atomic E-state index is 0.480. The maximum absolute atomic E-state index is 10.6. The molecule has 0 spiro atoms. The summed E-state index contributed by atoms with van der Waals surface area (Å²) in [7, 11) is 0. The third-order valence-electron chi connectivity index (χ3n) is 1.90. The molecule has 0 aliphatic rings. The van der Waals surface area contributed by atoms with E-state index in [0.717, 1.165) is 21.2 Å². The Balaban J connectivity index is 2.22. The largest absolute Gasteiger partial charge is 0.298 e. The second-order valence-electron chi connectivity index (χ2n) is 3.16. The smallest absolute Gasteiger partial charge is 0.154 e. The van der Waals surface area contributed by atoms with Crippen molar-refractivity contribution in [2.45, 2.75) is 16.2 Å². The summed E-state index contributed by atoms with van der Waals surface area (Å²) in [5, 5.41) is 2.48. The Labute approximate surface area is 107 Å². The Morgan fingerprint density at radius 2 is 2.31 bits per heavy atom. The van der Waals surface area contributed by atoms with Crippen LogP contribution < -0.4 is 0 Å². The van der Waals surface area contributed by atoms with Crippen LogP contribution >= 0.6 is 34.7 Å². The third kappa shape index (κ3) is 2.64. The van der Waals surface area contributed by atoms with Gasteiger partial charge in [0.25, 0.3) is 0 Å². The van der Waals surface area contributed by atoms with Crippen molar-refractivity contribution in [3.8, 4) is 0 Å². The lowest BCUT2D eigenvalue weighted by Gasteiger charge is -2.00. The highest BCUT2D eigenvalue weighted by Crippen LogP contribution is 2.32. The molecule has 0 saturated heterocycles. The summed E-state index contributed by atoms with van der Waals surface area (Å²) < 4.78 is 0.979. The normalized spacial score (nSPS) is 10.4. The van der Waals surface area contributed by atoms with Crippen LogP contribution in [0.15, 0.2) is 32.8 Å². The van der Waals surface area contributed by atoms with Gasteiger partial charge in [-0.15, -0.1) is 11.3 Å². The van der Waals surface area contributed by atoms with E-state index in [9.17, 15) is 4.79 Å². The van der Waals surface area contributed by atoms with Crippen LogP contribution in [0.4, 0.5) is 0 Å². The molecular formula is C11H8ClNOS2. The predicted octanol–water partition coefficient (Wildman–Crippen LogP) is 4.07. The van der Waals surface area contributed by atoms with E-state index in [0.29, 0.717) is 10.6 Å². The summed E-state index contributed by atoms with van der Waals surface area (Å²) in [6.45, 7) is 1.96. The number of halogens is 1. The van der Waals surface area contributed by atoms with Gasteiger partial charge in [0.1, 0.15) is 0 Å². The van der Waals surface area contributed by atoms with Gasteiger partial charge in [-0.25, -0.2) is 4.98 Å². The summed E-state index contributed by atoms with van der Waals surface area (Å²) in [4.78, 5) is 15.9. The summed E-state index contributed by atoms with van der Waals surface area (Å²) in [5.74, 6) is 0. The molecule has 0 N–H and O–H groups in total. The number of rotatable bonds is 3. The average molecular weight is 270 g/mol. The van der Waals surface area contributed by atoms with E-state index in [2.05, 4.69) is 4.98 Å². The van der Waals surface area contributed by atoms with Gasteiger partial charge in [0.05, 0.1) is 5.02 Å². The van der Waals surface area contributed by atoms with Gasteiger partial charge >= 0.3 is 0 Å². The fourth-order valence-electron chi connectivity index (χ4n) is 1.15. The Morgan fingerprint density at radius 1 is 1.50 bits per heavy atom. The molecule has 16 heavy (non-hydrogen) atoms. The maximum Gasteiger partial charge on any atom is 0.154 e. The number of aromatic nitrogens is 1. The molecule has 2 nitrogen and oxygen atoms in total. The van der Waals surface area contributed by atoms with Gasteiger partial charge in [-0.3, -0.25) is 4.79 Å². The topological polar surface area (TPSA) is 30.0 Å². The molecule has 0 fully saturated rings. The van der Waals surface area contributed by atoms with Crippen LogP contribution in [-0.4, -0.2) is 11.3 Å². The second kappa shape index (κ2) is 4.99. The molecule has 1 aromatic heterocycles. The standard InChI is InChI=1S/C11H8ClNOS2/c1-7-6-15-11(13-7)16-9-3-2-8(5-14)10(12)4-9/h2-6H,1H3. The molecule has 2 aromatic rings. The number of nitrogens with zero attached hydrogens (tertiary/aromatic N) is 1. The van der Waals surface area contributed by atoms with Crippen molar-refractivity contribution in [1.82, 2.24) is 4.98 Å². The molecule has 82 valence electrons. The van der Waals surface area contributed by atoms with Gasteiger partial charge in [-0.05, 0) is 25.1 Å². The molecule has 0 radical (unpaired) electrons. The zero-order valence-electron chi connectivity index (χ0n) is 8.44. The molecule has 0 aliphatic carbocycles. The number of benzene rings is 1. The lowest BCUT2D eigenvalue weighted by Crippen LogP contribution is -1.82. The monoisotopic (exact) mass is 269 g/mol. The Hall–Kier alpha value is -0.840. The Kier molecular flexibility index (Phi) is 3.63. The molecule has 0 amide bonds. The summed E-state index contributed by atoms with van der Waals surface area (Å²) in [5.41, 5.74) is 1.53. The Bertz CT molecular complexity index is 524. The van der Waals surface area contributed by atoms with Crippen molar-refractivity contribution in [3.05, 3.63) is 39.9 Å². The first kappa shape index (κ1) is 11.6. The molecule has 2 rings (SSSR count). The molecule has 0 unspecified atom stereocenters. The van der Waals surface area contributed by atoms with Crippen molar-refractivity contribution >= 4 is 41.0 Å². The van der Waals surface area contributed by atoms with Crippen molar-refractivity contribution in [2.75, 3.05) is 0 Å². The average Bonchev–Trinajstić information content (AvgIpc) is 2.64. The first-order chi connectivity index (χ1) is 7.69. The highest BCUT2D eigenvalue weighted by Gasteiger charge is 2.04. The van der Waals surface area contributed by atoms with Crippen molar-refractivity contribution in [1.29, 1.82) is 0 Å². The second-order valence-corrected chi connectivity index (χ2v) is 5.74. The molecule has 1 aromatic carbocycles.